The van der Waals surface area contributed by atoms with E-state index in [0.29, 0.717) is 0 Å². The number of fused-ring (bicyclic) bond motifs is 7. The highest BCUT2D eigenvalue weighted by molar-refractivity contribution is 7.00. The summed E-state index contributed by atoms with van der Waals surface area (Å²) in [5.41, 5.74) is 22.6. The SMILES string of the molecule is CC(C)(C)c1ccc(N2c3ccc(C(C)(C)C)cc3B3c4cc(C(C)(C)C)ccc4N(c4ccc(C(C)(C)C)cc4)c4cc(N5c6ccc(C(C)(C)C)cc6C6(C)CCCCCC56C)cc2c43)cc1. The van der Waals surface area contributed by atoms with Crippen LogP contribution in [0, 0.1) is 0 Å². The van der Waals surface area contributed by atoms with Gasteiger partial charge in [-0.25, -0.2) is 0 Å². The molecule has 0 bridgehead atoms. The molecule has 2 atom stereocenters. The fourth-order valence-corrected chi connectivity index (χ4v) is 12.6. The van der Waals surface area contributed by atoms with E-state index in [9.17, 15) is 0 Å². The number of hydrogen-bond donors (Lipinski definition) is 0. The number of anilines is 8. The monoisotopic (exact) mass is 914 g/mol. The lowest BCUT2D eigenvalue weighted by Crippen LogP contribution is -2.62. The fourth-order valence-electron chi connectivity index (χ4n) is 12.6. The van der Waals surface area contributed by atoms with Crippen LogP contribution in [0.2, 0.25) is 0 Å². The van der Waals surface area contributed by atoms with E-state index in [2.05, 4.69) is 248 Å². The lowest BCUT2D eigenvalue weighted by molar-refractivity contribution is 0.261. The van der Waals surface area contributed by atoms with Crippen LogP contribution in [0.3, 0.4) is 0 Å². The van der Waals surface area contributed by atoms with Crippen LogP contribution < -0.4 is 31.1 Å². The van der Waals surface area contributed by atoms with Gasteiger partial charge in [0.1, 0.15) is 0 Å². The predicted octanol–water partition coefficient (Wildman–Crippen LogP) is 16.4. The summed E-state index contributed by atoms with van der Waals surface area (Å²) in [5, 5.41) is 0. The lowest BCUT2D eigenvalue weighted by Gasteiger charge is -2.48. The van der Waals surface area contributed by atoms with Gasteiger partial charge in [0.2, 0.25) is 0 Å². The summed E-state index contributed by atoms with van der Waals surface area (Å²) in [4.78, 5) is 8.12. The Balaban J connectivity index is 1.34. The minimum absolute atomic E-state index is 0.0211. The standard InChI is InChI=1S/C65H80BN3/c1-59(2,3)42-21-28-47(29-22-42)67-54-33-26-45(62(10,11)12)38-51(54)66-52-39-46(63(13,14)15)27-34-55(52)68(48-30-23-43(24-31-48)60(4,5)6)57-41-49(40-56(67)58(57)66)69-53-32-25-44(61(7,8)9)37-50(53)64(16)35-19-18-20-36-65(64,69)17/h21-34,37-41H,18-20,35-36H2,1-17H3. The molecule has 3 aliphatic heterocycles. The molecule has 0 amide bonds. The van der Waals surface area contributed by atoms with E-state index >= 15 is 0 Å². The van der Waals surface area contributed by atoms with E-state index in [4.69, 9.17) is 0 Å². The second-order valence-corrected chi connectivity index (χ2v) is 27.1. The average molecular weight is 914 g/mol. The number of nitrogens with zero attached hydrogens (tertiary/aromatic N) is 3. The van der Waals surface area contributed by atoms with E-state index < -0.39 is 0 Å². The van der Waals surface area contributed by atoms with Crippen molar-refractivity contribution in [2.75, 3.05) is 14.7 Å². The summed E-state index contributed by atoms with van der Waals surface area (Å²) in [7, 11) is 0. The molecule has 10 rings (SSSR count). The van der Waals surface area contributed by atoms with Gasteiger partial charge >= 0.3 is 0 Å². The molecular weight excluding hydrogens is 834 g/mol. The highest BCUT2D eigenvalue weighted by atomic mass is 15.3. The molecule has 4 aliphatic rings. The molecule has 358 valence electrons. The van der Waals surface area contributed by atoms with Gasteiger partial charge in [-0.2, -0.15) is 0 Å². The first-order valence-corrected chi connectivity index (χ1v) is 26.3. The third kappa shape index (κ3) is 7.59. The molecule has 69 heavy (non-hydrogen) atoms. The van der Waals surface area contributed by atoms with Crippen molar-refractivity contribution in [1.82, 2.24) is 0 Å². The largest absolute Gasteiger partial charge is 0.334 e. The molecule has 1 saturated carbocycles. The van der Waals surface area contributed by atoms with E-state index in [0.717, 1.165) is 6.42 Å². The van der Waals surface area contributed by atoms with Crippen LogP contribution in [-0.2, 0) is 32.5 Å². The van der Waals surface area contributed by atoms with Crippen molar-refractivity contribution in [3.05, 3.63) is 149 Å². The normalized spacial score (nSPS) is 20.2. The van der Waals surface area contributed by atoms with Gasteiger partial charge < -0.3 is 14.7 Å². The maximum Gasteiger partial charge on any atom is 0.252 e. The van der Waals surface area contributed by atoms with Gasteiger partial charge in [0.15, 0.2) is 0 Å². The summed E-state index contributed by atoms with van der Waals surface area (Å²) >= 11 is 0. The van der Waals surface area contributed by atoms with E-state index in [1.807, 2.05) is 0 Å². The van der Waals surface area contributed by atoms with Crippen LogP contribution in [0.25, 0.3) is 0 Å². The molecule has 0 radical (unpaired) electrons. The molecule has 6 aromatic carbocycles. The van der Waals surface area contributed by atoms with Crippen molar-refractivity contribution in [3.63, 3.8) is 0 Å². The smallest absolute Gasteiger partial charge is 0.252 e. The summed E-state index contributed by atoms with van der Waals surface area (Å²) < 4.78 is 0. The Bertz CT molecular complexity index is 2830. The highest BCUT2D eigenvalue weighted by Crippen LogP contribution is 2.61. The predicted molar refractivity (Wildman–Crippen MR) is 301 cm³/mol. The number of benzene rings is 6. The quantitative estimate of drug-likeness (QED) is 0.164. The minimum Gasteiger partial charge on any atom is -0.334 e. The highest BCUT2D eigenvalue weighted by Gasteiger charge is 2.57. The molecule has 0 saturated heterocycles. The maximum absolute atomic E-state index is 2.84. The van der Waals surface area contributed by atoms with Crippen molar-refractivity contribution >= 4 is 68.6 Å². The Labute approximate surface area is 417 Å². The second-order valence-electron chi connectivity index (χ2n) is 27.1. The molecule has 6 aromatic rings. The first-order chi connectivity index (χ1) is 32.1. The molecule has 3 nitrogen and oxygen atoms in total. The molecule has 0 aromatic heterocycles. The molecule has 1 fully saturated rings. The summed E-state index contributed by atoms with van der Waals surface area (Å²) in [6, 6.07) is 46.7. The van der Waals surface area contributed by atoms with E-state index in [1.165, 1.54) is 121 Å². The lowest BCUT2D eigenvalue weighted by atomic mass is 9.33. The minimum atomic E-state index is -0.135. The van der Waals surface area contributed by atoms with E-state index in [-0.39, 0.29) is 44.7 Å². The molecule has 3 heterocycles. The first kappa shape index (κ1) is 47.5. The van der Waals surface area contributed by atoms with Gasteiger partial charge in [0.05, 0.1) is 5.54 Å². The average Bonchev–Trinajstić information content (AvgIpc) is 3.33. The molecule has 4 heteroatoms. The van der Waals surface area contributed by atoms with Gasteiger partial charge in [0, 0.05) is 50.9 Å². The van der Waals surface area contributed by atoms with Crippen molar-refractivity contribution in [2.45, 2.75) is 188 Å². The van der Waals surface area contributed by atoms with E-state index in [1.54, 1.807) is 0 Å². The van der Waals surface area contributed by atoms with Gasteiger partial charge in [-0.05, 0) is 151 Å². The molecule has 2 unspecified atom stereocenters. The second kappa shape index (κ2) is 15.6. The molecular formula is C65H80BN3. The summed E-state index contributed by atoms with van der Waals surface area (Å²) in [6.07, 6.45) is 6.10. The van der Waals surface area contributed by atoms with Crippen molar-refractivity contribution in [3.8, 4) is 0 Å². The van der Waals surface area contributed by atoms with Crippen LogP contribution in [0.4, 0.5) is 45.5 Å². The Kier molecular flexibility index (Phi) is 10.8. The summed E-state index contributed by atoms with van der Waals surface area (Å²) in [5.74, 6) is 0. The van der Waals surface area contributed by atoms with Crippen LogP contribution in [0.15, 0.2) is 115 Å². The van der Waals surface area contributed by atoms with Crippen LogP contribution in [-0.4, -0.2) is 12.3 Å². The van der Waals surface area contributed by atoms with Crippen LogP contribution in [0.1, 0.15) is 183 Å². The van der Waals surface area contributed by atoms with Crippen LogP contribution in [0.5, 0.6) is 0 Å². The van der Waals surface area contributed by atoms with Crippen molar-refractivity contribution in [1.29, 1.82) is 0 Å². The third-order valence-corrected chi connectivity index (χ3v) is 17.2. The van der Waals surface area contributed by atoms with Crippen molar-refractivity contribution < 1.29 is 0 Å². The number of rotatable bonds is 3. The first-order valence-electron chi connectivity index (χ1n) is 26.3. The maximum atomic E-state index is 2.84. The Hall–Kier alpha value is -5.22. The van der Waals surface area contributed by atoms with Gasteiger partial charge in [-0.1, -0.05) is 191 Å². The molecule has 1 aliphatic carbocycles. The molecule has 0 spiro atoms. The van der Waals surface area contributed by atoms with Gasteiger partial charge in [0.25, 0.3) is 6.71 Å². The van der Waals surface area contributed by atoms with Gasteiger partial charge in [-0.3, -0.25) is 0 Å². The molecule has 0 N–H and O–H groups in total. The fraction of sp³-hybridized carbons (Fsp3) is 0.446. The number of hydrogen-bond acceptors (Lipinski definition) is 3. The Morgan fingerprint density at radius 2 is 0.754 bits per heavy atom. The Morgan fingerprint density at radius 3 is 1.17 bits per heavy atom. The summed E-state index contributed by atoms with van der Waals surface area (Å²) in [6.45, 7) is 40.5. The van der Waals surface area contributed by atoms with Gasteiger partial charge in [-0.15, -0.1) is 0 Å². The van der Waals surface area contributed by atoms with Crippen LogP contribution >= 0.6 is 0 Å². The third-order valence-electron chi connectivity index (χ3n) is 17.2. The zero-order chi connectivity index (χ0) is 49.6. The van der Waals surface area contributed by atoms with Crippen molar-refractivity contribution in [2.24, 2.45) is 0 Å². The zero-order valence-electron chi connectivity index (χ0n) is 45.4. The topological polar surface area (TPSA) is 9.72 Å². The zero-order valence-corrected chi connectivity index (χ0v) is 45.4. The Morgan fingerprint density at radius 1 is 0.377 bits per heavy atom.